The SMILES string of the molecule is CCCCC(CC)CN(C)[C@@H](C)C(=O)O. The van der Waals surface area contributed by atoms with E-state index in [4.69, 9.17) is 5.11 Å². The van der Waals surface area contributed by atoms with Crippen molar-refractivity contribution in [2.75, 3.05) is 13.6 Å². The Bertz CT molecular complexity index is 182. The van der Waals surface area contributed by atoms with Crippen molar-refractivity contribution in [2.45, 2.75) is 52.5 Å². The fraction of sp³-hybridized carbons (Fsp3) is 0.917. The molecule has 0 bridgehead atoms. The average Bonchev–Trinajstić information content (AvgIpc) is 2.22. The predicted octanol–water partition coefficient (Wildman–Crippen LogP) is 2.61. The number of carboxylic acids is 1. The molecule has 1 unspecified atom stereocenters. The topological polar surface area (TPSA) is 40.5 Å². The van der Waals surface area contributed by atoms with Crippen LogP contribution in [-0.4, -0.2) is 35.6 Å². The molecule has 0 saturated carbocycles. The van der Waals surface area contributed by atoms with Crippen LogP contribution in [0, 0.1) is 5.92 Å². The highest BCUT2D eigenvalue weighted by atomic mass is 16.4. The zero-order valence-electron chi connectivity index (χ0n) is 10.5. The molecule has 0 aromatic rings. The summed E-state index contributed by atoms with van der Waals surface area (Å²) in [7, 11) is 1.90. The lowest BCUT2D eigenvalue weighted by Crippen LogP contribution is -2.38. The Kier molecular flexibility index (Phi) is 7.39. The molecular formula is C12H25NO2. The minimum atomic E-state index is -0.733. The van der Waals surface area contributed by atoms with Crippen LogP contribution in [0.5, 0.6) is 0 Å². The van der Waals surface area contributed by atoms with E-state index in [0.717, 1.165) is 13.0 Å². The molecule has 0 amide bonds. The molecule has 0 aliphatic heterocycles. The van der Waals surface area contributed by atoms with Crippen molar-refractivity contribution in [2.24, 2.45) is 5.92 Å². The molecule has 0 aliphatic rings. The summed E-state index contributed by atoms with van der Waals surface area (Å²) in [6.45, 7) is 7.01. The first-order valence-corrected chi connectivity index (χ1v) is 5.95. The molecule has 0 radical (unpaired) electrons. The van der Waals surface area contributed by atoms with Crippen molar-refractivity contribution in [1.29, 1.82) is 0 Å². The van der Waals surface area contributed by atoms with Crippen LogP contribution in [0.4, 0.5) is 0 Å². The Morgan fingerprint density at radius 1 is 1.40 bits per heavy atom. The number of carbonyl (C=O) groups is 1. The highest BCUT2D eigenvalue weighted by molar-refractivity contribution is 5.72. The van der Waals surface area contributed by atoms with E-state index >= 15 is 0 Å². The monoisotopic (exact) mass is 215 g/mol. The predicted molar refractivity (Wildman–Crippen MR) is 63.0 cm³/mol. The second-order valence-corrected chi connectivity index (χ2v) is 4.37. The molecule has 90 valence electrons. The Balaban J connectivity index is 3.99. The van der Waals surface area contributed by atoms with Crippen LogP contribution in [0.25, 0.3) is 0 Å². The van der Waals surface area contributed by atoms with E-state index < -0.39 is 5.97 Å². The van der Waals surface area contributed by atoms with Gasteiger partial charge in [0.2, 0.25) is 0 Å². The maximum atomic E-state index is 10.8. The van der Waals surface area contributed by atoms with E-state index in [1.54, 1.807) is 6.92 Å². The lowest BCUT2D eigenvalue weighted by Gasteiger charge is -2.26. The Morgan fingerprint density at radius 3 is 2.40 bits per heavy atom. The molecule has 0 aliphatic carbocycles. The maximum absolute atomic E-state index is 10.8. The molecule has 0 rings (SSSR count). The van der Waals surface area contributed by atoms with Crippen molar-refractivity contribution in [1.82, 2.24) is 4.90 Å². The van der Waals surface area contributed by atoms with Gasteiger partial charge >= 0.3 is 5.97 Å². The molecular weight excluding hydrogens is 190 g/mol. The van der Waals surface area contributed by atoms with E-state index in [2.05, 4.69) is 13.8 Å². The van der Waals surface area contributed by atoms with Crippen LogP contribution in [0.15, 0.2) is 0 Å². The Morgan fingerprint density at radius 2 is 2.00 bits per heavy atom. The first-order chi connectivity index (χ1) is 7.02. The number of aliphatic carboxylic acids is 1. The van der Waals surface area contributed by atoms with Crippen LogP contribution >= 0.6 is 0 Å². The van der Waals surface area contributed by atoms with Gasteiger partial charge in [0.05, 0.1) is 0 Å². The van der Waals surface area contributed by atoms with Crippen LogP contribution < -0.4 is 0 Å². The van der Waals surface area contributed by atoms with Gasteiger partial charge < -0.3 is 5.11 Å². The van der Waals surface area contributed by atoms with Gasteiger partial charge in [0.15, 0.2) is 0 Å². The fourth-order valence-corrected chi connectivity index (χ4v) is 1.67. The quantitative estimate of drug-likeness (QED) is 0.676. The van der Waals surface area contributed by atoms with Crippen molar-refractivity contribution >= 4 is 5.97 Å². The highest BCUT2D eigenvalue weighted by Crippen LogP contribution is 2.14. The van der Waals surface area contributed by atoms with E-state index in [0.29, 0.717) is 5.92 Å². The van der Waals surface area contributed by atoms with E-state index in [1.807, 2.05) is 11.9 Å². The molecule has 1 N–H and O–H groups in total. The molecule has 3 heteroatoms. The van der Waals surface area contributed by atoms with Crippen molar-refractivity contribution in [3.05, 3.63) is 0 Å². The van der Waals surface area contributed by atoms with Gasteiger partial charge in [-0.05, 0) is 26.3 Å². The summed E-state index contributed by atoms with van der Waals surface area (Å²) in [5.41, 5.74) is 0. The van der Waals surface area contributed by atoms with Gasteiger partial charge in [-0.15, -0.1) is 0 Å². The molecule has 0 saturated heterocycles. The van der Waals surface area contributed by atoms with Gasteiger partial charge in [-0.25, -0.2) is 0 Å². The zero-order valence-corrected chi connectivity index (χ0v) is 10.5. The van der Waals surface area contributed by atoms with E-state index in [1.165, 1.54) is 19.3 Å². The van der Waals surface area contributed by atoms with Crippen molar-refractivity contribution < 1.29 is 9.90 Å². The summed E-state index contributed by atoms with van der Waals surface area (Å²) < 4.78 is 0. The first-order valence-electron chi connectivity index (χ1n) is 5.95. The lowest BCUT2D eigenvalue weighted by atomic mass is 9.98. The third-order valence-corrected chi connectivity index (χ3v) is 3.11. The van der Waals surface area contributed by atoms with Gasteiger partial charge in [0, 0.05) is 6.54 Å². The lowest BCUT2D eigenvalue weighted by molar-refractivity contribution is -0.142. The number of carboxylic acid groups (broad SMARTS) is 1. The van der Waals surface area contributed by atoms with Crippen LogP contribution in [0.1, 0.15) is 46.5 Å². The molecule has 3 nitrogen and oxygen atoms in total. The average molecular weight is 215 g/mol. The van der Waals surface area contributed by atoms with Crippen molar-refractivity contribution in [3.63, 3.8) is 0 Å². The normalized spacial score (nSPS) is 15.3. The first kappa shape index (κ1) is 14.4. The summed E-state index contributed by atoms with van der Waals surface area (Å²) in [5, 5.41) is 8.87. The molecule has 2 atom stereocenters. The summed E-state index contributed by atoms with van der Waals surface area (Å²) in [5.74, 6) is -0.0976. The largest absolute Gasteiger partial charge is 0.480 e. The van der Waals surface area contributed by atoms with Gasteiger partial charge in [0.25, 0.3) is 0 Å². The van der Waals surface area contributed by atoms with E-state index in [-0.39, 0.29) is 6.04 Å². The number of likely N-dealkylation sites (N-methyl/N-ethyl adjacent to an activating group) is 1. The second-order valence-electron chi connectivity index (χ2n) is 4.37. The number of hydrogen-bond acceptors (Lipinski definition) is 2. The molecule has 0 aromatic heterocycles. The zero-order chi connectivity index (χ0) is 11.8. The molecule has 15 heavy (non-hydrogen) atoms. The van der Waals surface area contributed by atoms with Gasteiger partial charge in [-0.3, -0.25) is 9.69 Å². The van der Waals surface area contributed by atoms with Gasteiger partial charge in [-0.2, -0.15) is 0 Å². The maximum Gasteiger partial charge on any atom is 0.320 e. The third kappa shape index (κ3) is 5.78. The number of rotatable bonds is 8. The Labute approximate surface area is 93.5 Å². The van der Waals surface area contributed by atoms with Gasteiger partial charge in [0.1, 0.15) is 6.04 Å². The minimum Gasteiger partial charge on any atom is -0.480 e. The number of hydrogen-bond donors (Lipinski definition) is 1. The number of unbranched alkanes of at least 4 members (excludes halogenated alkanes) is 1. The minimum absolute atomic E-state index is 0.374. The van der Waals surface area contributed by atoms with Crippen LogP contribution in [-0.2, 0) is 4.79 Å². The molecule has 0 heterocycles. The highest BCUT2D eigenvalue weighted by Gasteiger charge is 2.19. The van der Waals surface area contributed by atoms with Crippen LogP contribution in [0.3, 0.4) is 0 Å². The van der Waals surface area contributed by atoms with Gasteiger partial charge in [-0.1, -0.05) is 33.1 Å². The Hall–Kier alpha value is -0.570. The summed E-state index contributed by atoms with van der Waals surface area (Å²) in [6.07, 6.45) is 4.81. The molecule has 0 fully saturated rings. The van der Waals surface area contributed by atoms with Crippen LogP contribution in [0.2, 0.25) is 0 Å². The van der Waals surface area contributed by atoms with E-state index in [9.17, 15) is 4.79 Å². The standard InChI is InChI=1S/C12H25NO2/c1-5-7-8-11(6-2)9-13(4)10(3)12(14)15/h10-11H,5-9H2,1-4H3,(H,14,15)/t10-,11?/m0/s1. The molecule has 0 spiro atoms. The van der Waals surface area contributed by atoms with Crippen molar-refractivity contribution in [3.8, 4) is 0 Å². The summed E-state index contributed by atoms with van der Waals surface area (Å²) in [4.78, 5) is 12.7. The summed E-state index contributed by atoms with van der Waals surface area (Å²) >= 11 is 0. The fourth-order valence-electron chi connectivity index (χ4n) is 1.67. The molecule has 0 aromatic carbocycles. The number of nitrogens with zero attached hydrogens (tertiary/aromatic N) is 1. The second kappa shape index (κ2) is 7.69. The summed E-state index contributed by atoms with van der Waals surface area (Å²) in [6, 6.07) is -0.374. The third-order valence-electron chi connectivity index (χ3n) is 3.11. The smallest absolute Gasteiger partial charge is 0.320 e.